The molecule has 0 radical (unpaired) electrons. The van der Waals surface area contributed by atoms with Crippen LogP contribution in [0, 0.1) is 5.92 Å². The van der Waals surface area contributed by atoms with Crippen LogP contribution >= 0.6 is 11.3 Å². The molecule has 1 saturated carbocycles. The van der Waals surface area contributed by atoms with Crippen LogP contribution in [-0.2, 0) is 9.59 Å². The number of anilines is 1. The lowest BCUT2D eigenvalue weighted by Gasteiger charge is -2.03. The molecule has 1 heterocycles. The van der Waals surface area contributed by atoms with Crippen molar-refractivity contribution in [2.75, 3.05) is 19.0 Å². The van der Waals surface area contributed by atoms with Gasteiger partial charge in [-0.25, -0.2) is 4.98 Å². The number of aromatic nitrogens is 1. The number of methoxy groups -OCH3 is 1. The molecule has 2 aromatic rings. The molecule has 2 N–H and O–H groups in total. The molecular formula is C14H15N3O3S. The SMILES string of the molecule is COc1ccc2nc(NC(=O)CNC(=O)C3CC3)sc2c1. The molecule has 3 rings (SSSR count). The molecule has 0 spiro atoms. The molecule has 1 aromatic carbocycles. The average molecular weight is 305 g/mol. The molecule has 6 nitrogen and oxygen atoms in total. The predicted molar refractivity (Wildman–Crippen MR) is 80.5 cm³/mol. The Morgan fingerprint density at radius 1 is 1.43 bits per heavy atom. The van der Waals surface area contributed by atoms with Crippen molar-refractivity contribution in [1.82, 2.24) is 10.3 Å². The second-order valence-electron chi connectivity index (χ2n) is 4.89. The van der Waals surface area contributed by atoms with E-state index in [4.69, 9.17) is 4.74 Å². The van der Waals surface area contributed by atoms with E-state index >= 15 is 0 Å². The van der Waals surface area contributed by atoms with E-state index < -0.39 is 0 Å². The smallest absolute Gasteiger partial charge is 0.245 e. The molecule has 1 aliphatic rings. The van der Waals surface area contributed by atoms with Crippen LogP contribution in [-0.4, -0.2) is 30.5 Å². The van der Waals surface area contributed by atoms with E-state index in [0.717, 1.165) is 28.8 Å². The van der Waals surface area contributed by atoms with Gasteiger partial charge in [0.25, 0.3) is 0 Å². The number of fused-ring (bicyclic) bond motifs is 1. The van der Waals surface area contributed by atoms with Crippen molar-refractivity contribution in [3.8, 4) is 5.75 Å². The van der Waals surface area contributed by atoms with Gasteiger partial charge in [0.2, 0.25) is 11.8 Å². The highest BCUT2D eigenvalue weighted by Gasteiger charge is 2.29. The number of rotatable bonds is 5. The zero-order valence-corrected chi connectivity index (χ0v) is 12.3. The lowest BCUT2D eigenvalue weighted by Crippen LogP contribution is -2.33. The Balaban J connectivity index is 1.61. The zero-order chi connectivity index (χ0) is 14.8. The van der Waals surface area contributed by atoms with E-state index in [1.54, 1.807) is 7.11 Å². The third-order valence-corrected chi connectivity index (χ3v) is 4.15. The minimum atomic E-state index is -0.268. The van der Waals surface area contributed by atoms with E-state index in [1.807, 2.05) is 18.2 Å². The quantitative estimate of drug-likeness (QED) is 0.882. The van der Waals surface area contributed by atoms with E-state index in [9.17, 15) is 9.59 Å². The van der Waals surface area contributed by atoms with Gasteiger partial charge in [0.1, 0.15) is 5.75 Å². The first-order chi connectivity index (χ1) is 10.2. The Morgan fingerprint density at radius 2 is 2.24 bits per heavy atom. The summed E-state index contributed by atoms with van der Waals surface area (Å²) >= 11 is 1.37. The number of nitrogens with zero attached hydrogens (tertiary/aromatic N) is 1. The average Bonchev–Trinajstić information content (AvgIpc) is 3.25. The van der Waals surface area contributed by atoms with Crippen molar-refractivity contribution >= 4 is 38.5 Å². The fourth-order valence-electron chi connectivity index (χ4n) is 1.91. The summed E-state index contributed by atoms with van der Waals surface area (Å²) in [6.07, 6.45) is 1.85. The van der Waals surface area contributed by atoms with Gasteiger partial charge >= 0.3 is 0 Å². The lowest BCUT2D eigenvalue weighted by atomic mass is 10.3. The predicted octanol–water partition coefficient (Wildman–Crippen LogP) is 1.77. The van der Waals surface area contributed by atoms with E-state index in [1.165, 1.54) is 11.3 Å². The van der Waals surface area contributed by atoms with Crippen LogP contribution in [0.2, 0.25) is 0 Å². The van der Waals surface area contributed by atoms with Gasteiger partial charge in [0, 0.05) is 5.92 Å². The number of benzene rings is 1. The second kappa shape index (κ2) is 5.69. The van der Waals surface area contributed by atoms with Gasteiger partial charge in [-0.15, -0.1) is 0 Å². The number of carbonyl (C=O) groups is 2. The van der Waals surface area contributed by atoms with Crippen molar-refractivity contribution in [2.45, 2.75) is 12.8 Å². The van der Waals surface area contributed by atoms with Crippen LogP contribution in [0.4, 0.5) is 5.13 Å². The molecule has 1 aliphatic carbocycles. The maximum atomic E-state index is 11.8. The molecular weight excluding hydrogens is 290 g/mol. The van der Waals surface area contributed by atoms with Crippen molar-refractivity contribution in [2.24, 2.45) is 5.92 Å². The largest absolute Gasteiger partial charge is 0.497 e. The highest BCUT2D eigenvalue weighted by molar-refractivity contribution is 7.22. The maximum Gasteiger partial charge on any atom is 0.245 e. The van der Waals surface area contributed by atoms with Crippen LogP contribution < -0.4 is 15.4 Å². The fraction of sp³-hybridized carbons (Fsp3) is 0.357. The van der Waals surface area contributed by atoms with Gasteiger partial charge in [-0.05, 0) is 31.0 Å². The molecule has 0 aliphatic heterocycles. The Bertz CT molecular complexity index is 694. The Kier molecular flexibility index (Phi) is 3.74. The molecule has 7 heteroatoms. The molecule has 110 valence electrons. The monoisotopic (exact) mass is 305 g/mol. The zero-order valence-electron chi connectivity index (χ0n) is 11.5. The topological polar surface area (TPSA) is 80.3 Å². The highest BCUT2D eigenvalue weighted by Crippen LogP contribution is 2.29. The summed E-state index contributed by atoms with van der Waals surface area (Å²) in [7, 11) is 1.60. The maximum absolute atomic E-state index is 11.8. The van der Waals surface area contributed by atoms with Crippen LogP contribution in [0.1, 0.15) is 12.8 Å². The van der Waals surface area contributed by atoms with Gasteiger partial charge in [-0.3, -0.25) is 9.59 Å². The van der Waals surface area contributed by atoms with Gasteiger partial charge < -0.3 is 15.4 Å². The van der Waals surface area contributed by atoms with Crippen LogP contribution in [0.3, 0.4) is 0 Å². The minimum absolute atomic E-state index is 0.0193. The van der Waals surface area contributed by atoms with Crippen molar-refractivity contribution in [3.63, 3.8) is 0 Å². The summed E-state index contributed by atoms with van der Waals surface area (Å²) < 4.78 is 6.09. The van der Waals surface area contributed by atoms with Gasteiger partial charge in [-0.2, -0.15) is 0 Å². The first-order valence-electron chi connectivity index (χ1n) is 6.68. The molecule has 1 fully saturated rings. The number of nitrogens with one attached hydrogen (secondary N) is 2. The first kappa shape index (κ1) is 13.8. The van der Waals surface area contributed by atoms with Crippen LogP contribution in [0.15, 0.2) is 18.2 Å². The molecule has 21 heavy (non-hydrogen) atoms. The molecule has 0 saturated heterocycles. The van der Waals surface area contributed by atoms with Crippen molar-refractivity contribution in [3.05, 3.63) is 18.2 Å². The van der Waals surface area contributed by atoms with E-state index in [0.29, 0.717) is 5.13 Å². The second-order valence-corrected chi connectivity index (χ2v) is 5.92. The summed E-state index contributed by atoms with van der Waals surface area (Å²) in [6, 6.07) is 5.54. The molecule has 0 atom stereocenters. The number of hydrogen-bond donors (Lipinski definition) is 2. The summed E-state index contributed by atoms with van der Waals surface area (Å²) in [6.45, 7) is -0.0193. The Labute approximate surface area is 125 Å². The molecule has 0 bridgehead atoms. The van der Waals surface area contributed by atoms with Crippen molar-refractivity contribution in [1.29, 1.82) is 0 Å². The minimum Gasteiger partial charge on any atom is -0.497 e. The number of hydrogen-bond acceptors (Lipinski definition) is 5. The summed E-state index contributed by atoms with van der Waals surface area (Å²) in [5, 5.41) is 5.84. The first-order valence-corrected chi connectivity index (χ1v) is 7.49. The Hall–Kier alpha value is -2.15. The lowest BCUT2D eigenvalue weighted by molar-refractivity contribution is -0.125. The van der Waals surface area contributed by atoms with E-state index in [-0.39, 0.29) is 24.3 Å². The number of thiazole rings is 1. The fourth-order valence-corrected chi connectivity index (χ4v) is 2.82. The highest BCUT2D eigenvalue weighted by atomic mass is 32.1. The standard InChI is InChI=1S/C14H15N3O3S/c1-20-9-4-5-10-11(6-9)21-14(16-10)17-12(18)7-15-13(19)8-2-3-8/h4-6,8H,2-3,7H2,1H3,(H,15,19)(H,16,17,18). The van der Waals surface area contributed by atoms with Crippen LogP contribution in [0.5, 0.6) is 5.75 Å². The number of ether oxygens (including phenoxy) is 1. The van der Waals surface area contributed by atoms with E-state index in [2.05, 4.69) is 15.6 Å². The third kappa shape index (κ3) is 3.30. The summed E-state index contributed by atoms with van der Waals surface area (Å²) in [5.41, 5.74) is 0.804. The normalized spacial score (nSPS) is 14.0. The van der Waals surface area contributed by atoms with Gasteiger partial charge in [-0.1, -0.05) is 11.3 Å². The molecule has 2 amide bonds. The molecule has 0 unspecified atom stereocenters. The summed E-state index contributed by atoms with van der Waals surface area (Å²) in [5.74, 6) is 0.544. The van der Waals surface area contributed by atoms with Crippen molar-refractivity contribution < 1.29 is 14.3 Å². The number of amides is 2. The Morgan fingerprint density at radius 3 is 2.95 bits per heavy atom. The third-order valence-electron chi connectivity index (χ3n) is 3.21. The van der Waals surface area contributed by atoms with Gasteiger partial charge in [0.15, 0.2) is 5.13 Å². The van der Waals surface area contributed by atoms with Gasteiger partial charge in [0.05, 0.1) is 23.9 Å². The molecule has 1 aromatic heterocycles. The summed E-state index contributed by atoms with van der Waals surface area (Å²) in [4.78, 5) is 27.6. The number of carbonyl (C=O) groups excluding carboxylic acids is 2. The van der Waals surface area contributed by atoms with Crippen LogP contribution in [0.25, 0.3) is 10.2 Å².